The monoisotopic (exact) mass is 561 g/mol. The summed E-state index contributed by atoms with van der Waals surface area (Å²) in [5, 5.41) is 0.401. The van der Waals surface area contributed by atoms with Crippen LogP contribution in [-0.2, 0) is 16.2 Å². The van der Waals surface area contributed by atoms with Crippen LogP contribution in [0, 0.1) is 10.8 Å². The van der Waals surface area contributed by atoms with Gasteiger partial charge in [0.15, 0.2) is 23.1 Å². The third-order valence-electron chi connectivity index (χ3n) is 8.28. The van der Waals surface area contributed by atoms with Gasteiger partial charge in [-0.3, -0.25) is 9.59 Å². The number of carbonyl (C=O) groups excluding carboxylic acids is 2. The van der Waals surface area contributed by atoms with Gasteiger partial charge in [0.1, 0.15) is 6.61 Å². The summed E-state index contributed by atoms with van der Waals surface area (Å²) in [5.74, 6) is 0.698. The summed E-state index contributed by atoms with van der Waals surface area (Å²) in [6, 6.07) is 13.6. The number of benzene rings is 2. The normalized spacial score (nSPS) is 20.4. The van der Waals surface area contributed by atoms with Crippen LogP contribution in [0.2, 0.25) is 5.02 Å². The van der Waals surface area contributed by atoms with Crippen molar-refractivity contribution in [2.75, 3.05) is 13.7 Å². The Morgan fingerprint density at radius 3 is 2.00 bits per heavy atom. The quantitative estimate of drug-likeness (QED) is 0.342. The summed E-state index contributed by atoms with van der Waals surface area (Å²) < 4.78 is 11.9. The van der Waals surface area contributed by atoms with E-state index >= 15 is 0 Å². The Bertz CT molecular complexity index is 1350. The van der Waals surface area contributed by atoms with E-state index in [9.17, 15) is 9.59 Å². The molecule has 6 heteroatoms. The molecule has 2 aliphatic carbocycles. The van der Waals surface area contributed by atoms with Crippen LogP contribution in [0.15, 0.2) is 65.0 Å². The van der Waals surface area contributed by atoms with E-state index in [1.165, 1.54) is 0 Å². The maximum atomic E-state index is 13.9. The molecule has 0 bridgehead atoms. The van der Waals surface area contributed by atoms with E-state index in [1.807, 2.05) is 42.5 Å². The zero-order chi connectivity index (χ0) is 28.8. The minimum absolute atomic E-state index is 0.112. The van der Waals surface area contributed by atoms with Gasteiger partial charge in [-0.1, -0.05) is 76.6 Å². The highest BCUT2D eigenvalue weighted by Gasteiger charge is 2.49. The second-order valence-corrected chi connectivity index (χ2v) is 13.4. The second kappa shape index (κ2) is 10.7. The Balaban J connectivity index is 1.67. The Kier molecular flexibility index (Phi) is 7.64. The van der Waals surface area contributed by atoms with Gasteiger partial charge in [0, 0.05) is 47.8 Å². The summed E-state index contributed by atoms with van der Waals surface area (Å²) in [6.07, 6.45) is 3.41. The van der Waals surface area contributed by atoms with Crippen molar-refractivity contribution in [3.8, 4) is 11.5 Å². The number of ether oxygens (including phenoxy) is 2. The molecule has 0 radical (unpaired) electrons. The molecular formula is C34H40ClNO4. The molecule has 1 heterocycles. The summed E-state index contributed by atoms with van der Waals surface area (Å²) in [5.41, 5.74) is 5.14. The number of methoxy groups -OCH3 is 1. The smallest absolute Gasteiger partial charge is 0.180 e. The zero-order valence-electron chi connectivity index (χ0n) is 24.5. The van der Waals surface area contributed by atoms with Gasteiger partial charge in [-0.25, -0.2) is 0 Å². The van der Waals surface area contributed by atoms with E-state index in [-0.39, 0.29) is 22.4 Å². The predicted octanol–water partition coefficient (Wildman–Crippen LogP) is 8.02. The van der Waals surface area contributed by atoms with E-state index in [1.54, 1.807) is 7.11 Å². The molecule has 0 N–H and O–H groups in total. The largest absolute Gasteiger partial charge is 0.493 e. The van der Waals surface area contributed by atoms with Crippen LogP contribution in [0.3, 0.4) is 0 Å². The lowest BCUT2D eigenvalue weighted by Crippen LogP contribution is -2.44. The molecule has 3 aliphatic rings. The number of ketones is 2. The molecule has 0 amide bonds. The number of Topliss-reactive ketones (excluding diaryl/α,β-unsaturated/α-hetero) is 2. The lowest BCUT2D eigenvalue weighted by atomic mass is 9.63. The Labute approximate surface area is 243 Å². The molecule has 5 rings (SSSR count). The van der Waals surface area contributed by atoms with Crippen LogP contribution >= 0.6 is 11.6 Å². The van der Waals surface area contributed by atoms with Crippen molar-refractivity contribution in [1.29, 1.82) is 0 Å². The van der Waals surface area contributed by atoms with Crippen LogP contribution in [0.1, 0.15) is 83.8 Å². The third kappa shape index (κ3) is 5.33. The first-order valence-electron chi connectivity index (χ1n) is 14.3. The molecule has 2 aromatic rings. The average molecular weight is 562 g/mol. The topological polar surface area (TPSA) is 55.8 Å². The molecule has 40 heavy (non-hydrogen) atoms. The fourth-order valence-electron chi connectivity index (χ4n) is 6.65. The van der Waals surface area contributed by atoms with Gasteiger partial charge in [0.05, 0.1) is 12.1 Å². The third-order valence-corrected chi connectivity index (χ3v) is 8.56. The van der Waals surface area contributed by atoms with Crippen molar-refractivity contribution >= 4 is 23.2 Å². The molecule has 5 nitrogen and oxygen atoms in total. The van der Waals surface area contributed by atoms with Crippen molar-refractivity contribution in [2.45, 2.75) is 79.2 Å². The zero-order valence-corrected chi connectivity index (χ0v) is 25.3. The highest BCUT2D eigenvalue weighted by Crippen LogP contribution is 2.55. The van der Waals surface area contributed by atoms with E-state index in [0.717, 1.165) is 59.5 Å². The maximum Gasteiger partial charge on any atom is 0.180 e. The van der Waals surface area contributed by atoms with E-state index in [2.05, 4.69) is 39.5 Å². The molecule has 0 saturated carbocycles. The number of rotatable bonds is 7. The average Bonchev–Trinajstić information content (AvgIpc) is 2.87. The molecule has 212 valence electrons. The minimum atomic E-state index is -0.472. The van der Waals surface area contributed by atoms with E-state index in [4.69, 9.17) is 21.1 Å². The van der Waals surface area contributed by atoms with Gasteiger partial charge in [-0.15, -0.1) is 0 Å². The molecule has 0 fully saturated rings. The molecule has 0 unspecified atom stereocenters. The van der Waals surface area contributed by atoms with Crippen molar-refractivity contribution in [3.05, 3.63) is 81.2 Å². The standard InChI is InChI=1S/C34H40ClNO4/c1-7-13-36-24-16-33(2,3)18-26(37)30(24)29(31-25(36)17-34(4,5)19-27(31)38)22-14-23(35)32(28(15-22)39-6)40-20-21-11-9-8-10-12-21/h8-12,14-15,29H,7,13,16-20H2,1-6H3. The van der Waals surface area contributed by atoms with Gasteiger partial charge in [-0.2, -0.15) is 0 Å². The predicted molar refractivity (Wildman–Crippen MR) is 159 cm³/mol. The van der Waals surface area contributed by atoms with Gasteiger partial charge >= 0.3 is 0 Å². The highest BCUT2D eigenvalue weighted by molar-refractivity contribution is 6.32. The van der Waals surface area contributed by atoms with E-state index in [0.29, 0.717) is 36.0 Å². The Morgan fingerprint density at radius 1 is 0.900 bits per heavy atom. The van der Waals surface area contributed by atoms with Gasteiger partial charge in [0.25, 0.3) is 0 Å². The highest BCUT2D eigenvalue weighted by atomic mass is 35.5. The summed E-state index contributed by atoms with van der Waals surface area (Å²) in [7, 11) is 1.59. The number of nitrogens with zero attached hydrogens (tertiary/aromatic N) is 1. The molecular weight excluding hydrogens is 522 g/mol. The van der Waals surface area contributed by atoms with Crippen molar-refractivity contribution in [2.24, 2.45) is 10.8 Å². The Morgan fingerprint density at radius 2 is 1.48 bits per heavy atom. The summed E-state index contributed by atoms with van der Waals surface area (Å²) in [6.45, 7) is 11.9. The molecule has 0 atom stereocenters. The lowest BCUT2D eigenvalue weighted by molar-refractivity contribution is -0.119. The maximum absolute atomic E-state index is 13.9. The Hall–Kier alpha value is -3.05. The number of halogens is 1. The first kappa shape index (κ1) is 28.5. The van der Waals surface area contributed by atoms with Crippen LogP contribution < -0.4 is 9.47 Å². The number of hydrogen-bond donors (Lipinski definition) is 0. The first-order chi connectivity index (χ1) is 18.9. The van der Waals surface area contributed by atoms with Gasteiger partial charge in [0.2, 0.25) is 0 Å². The van der Waals surface area contributed by atoms with E-state index < -0.39 is 5.92 Å². The fraction of sp³-hybridized carbons (Fsp3) is 0.471. The first-order valence-corrected chi connectivity index (χ1v) is 14.7. The van der Waals surface area contributed by atoms with Crippen LogP contribution in [-0.4, -0.2) is 30.1 Å². The molecule has 1 aliphatic heterocycles. The van der Waals surface area contributed by atoms with Crippen molar-refractivity contribution in [1.82, 2.24) is 4.90 Å². The molecule has 0 saturated heterocycles. The number of carbonyl (C=O) groups is 2. The van der Waals surface area contributed by atoms with Crippen LogP contribution in [0.25, 0.3) is 0 Å². The fourth-order valence-corrected chi connectivity index (χ4v) is 6.92. The van der Waals surface area contributed by atoms with Crippen molar-refractivity contribution in [3.63, 3.8) is 0 Å². The number of allylic oxidation sites excluding steroid dienone is 4. The van der Waals surface area contributed by atoms with Crippen LogP contribution in [0.4, 0.5) is 0 Å². The van der Waals surface area contributed by atoms with Gasteiger partial charge in [-0.05, 0) is 53.4 Å². The van der Waals surface area contributed by atoms with Crippen LogP contribution in [0.5, 0.6) is 11.5 Å². The summed E-state index contributed by atoms with van der Waals surface area (Å²) >= 11 is 6.87. The molecule has 0 spiro atoms. The minimum Gasteiger partial charge on any atom is -0.493 e. The van der Waals surface area contributed by atoms with Gasteiger partial charge < -0.3 is 14.4 Å². The molecule has 2 aromatic carbocycles. The SMILES string of the molecule is CCCN1C2=C(C(=O)CC(C)(C)C2)C(c2cc(Cl)c(OCc3ccccc3)c(OC)c2)C2=C1CC(C)(C)CC2=O. The van der Waals surface area contributed by atoms with Crippen molar-refractivity contribution < 1.29 is 19.1 Å². The lowest BCUT2D eigenvalue weighted by Gasteiger charge is -2.49. The summed E-state index contributed by atoms with van der Waals surface area (Å²) in [4.78, 5) is 30.2. The number of hydrogen-bond acceptors (Lipinski definition) is 5. The molecule has 0 aromatic heterocycles. The second-order valence-electron chi connectivity index (χ2n) is 13.0.